The van der Waals surface area contributed by atoms with Crippen LogP contribution in [0.5, 0.6) is 0 Å². The minimum atomic E-state index is -0.278. The zero-order chi connectivity index (χ0) is 87.9. The van der Waals surface area contributed by atoms with E-state index in [-0.39, 0.29) is 36.2 Å². The molecule has 11 heterocycles. The summed E-state index contributed by atoms with van der Waals surface area (Å²) in [5.41, 5.74) is 31.6. The van der Waals surface area contributed by atoms with Crippen LogP contribution >= 0.6 is 43.5 Å². The van der Waals surface area contributed by atoms with Crippen LogP contribution in [0.2, 0.25) is 5.02 Å². The molecule has 21 rings (SSSR count). The molecule has 12 aromatic rings. The van der Waals surface area contributed by atoms with Crippen molar-refractivity contribution in [3.8, 4) is 33.4 Å². The number of aryl methyl sites for hydroxylation is 7. The fraction of sp³-hybridized carbons (Fsp3) is 0.398. The number of rotatable bonds is 8. The van der Waals surface area contributed by atoms with Crippen molar-refractivity contribution in [2.45, 2.75) is 174 Å². The summed E-state index contributed by atoms with van der Waals surface area (Å²) in [6.45, 7) is 20.4. The van der Waals surface area contributed by atoms with Gasteiger partial charge in [-0.3, -0.25) is 39.5 Å². The fourth-order valence-corrected chi connectivity index (χ4v) is 20.1. The molecule has 1 aliphatic carbocycles. The van der Waals surface area contributed by atoms with Crippen LogP contribution in [0.3, 0.4) is 0 Å². The van der Waals surface area contributed by atoms with Crippen molar-refractivity contribution in [2.75, 3.05) is 129 Å². The van der Waals surface area contributed by atoms with E-state index in [0.29, 0.717) is 11.1 Å². The van der Waals surface area contributed by atoms with Gasteiger partial charge in [-0.15, -0.1) is 0 Å². The molecule has 0 radical (unpaired) electrons. The maximum absolute atomic E-state index is 11.7. The van der Waals surface area contributed by atoms with Gasteiger partial charge in [0.15, 0.2) is 0 Å². The Bertz CT molecular complexity index is 5930. The lowest BCUT2D eigenvalue weighted by atomic mass is 9.78. The van der Waals surface area contributed by atoms with Crippen molar-refractivity contribution in [3.63, 3.8) is 0 Å². The van der Waals surface area contributed by atoms with Crippen LogP contribution in [0, 0.1) is 0 Å². The van der Waals surface area contributed by atoms with E-state index in [9.17, 15) is 9.59 Å². The number of halogens is 3. The van der Waals surface area contributed by atoms with Crippen LogP contribution in [-0.2, 0) is 63.8 Å². The van der Waals surface area contributed by atoms with Gasteiger partial charge in [-0.2, -0.15) is 0 Å². The highest BCUT2D eigenvalue weighted by Gasteiger charge is 2.52. The molecule has 1 unspecified atom stereocenters. The largest absolute Gasteiger partial charge is 0.494 e. The van der Waals surface area contributed by atoms with E-state index in [1.165, 1.54) is 148 Å². The van der Waals surface area contributed by atoms with Gasteiger partial charge in [0, 0.05) is 228 Å². The first-order chi connectivity index (χ1) is 60.8. The third-order valence-corrected chi connectivity index (χ3v) is 28.1. The lowest BCUT2D eigenvalue weighted by Gasteiger charge is -2.32. The number of nitrogens with zero attached hydrogens (tertiary/aromatic N) is 13. The minimum Gasteiger partial charge on any atom is -0.399 e. The molecule has 3 saturated heterocycles. The Kier molecular flexibility index (Phi) is 28.0. The van der Waals surface area contributed by atoms with Crippen molar-refractivity contribution in [3.05, 3.63) is 236 Å². The van der Waals surface area contributed by atoms with Crippen LogP contribution in [0.1, 0.15) is 145 Å². The van der Waals surface area contributed by atoms with Gasteiger partial charge in [0.1, 0.15) is 0 Å². The van der Waals surface area contributed by atoms with Crippen LogP contribution < -0.4 is 40.6 Å². The molecule has 8 aliphatic heterocycles. The molecular weight excluding hydrogens is 1720 g/mol. The second-order valence-electron chi connectivity index (χ2n) is 36.3. The predicted molar refractivity (Wildman–Crippen MR) is 528 cm³/mol. The SMILES string of the molecule is Brc1ccc2c(c1)CCCC2.CC(=O)N1CCC(Nc2cc(-c3ccc4c(c3)N(C)CCC4)c3nccnc3c2)C1.CC(=O)N1CCC(Nc2cc(-c3ccc4c(c3)N(C)CCC4)c3nccnc3c2)CC1.CN1CCCc2ccc(-c3cc(Cl)cc4nccnc34)cc21.CN1CCCc2ccc(B3OC(C)(C)C(C)(C)O3)cc21.CN1CCCc2ccc(Br)cc21. The summed E-state index contributed by atoms with van der Waals surface area (Å²) < 4.78 is 14.7. The molecule has 3 aromatic heterocycles. The number of anilines is 7. The normalized spacial score (nSPS) is 17.8. The Morgan fingerprint density at radius 1 is 0.381 bits per heavy atom. The second kappa shape index (κ2) is 39.6. The van der Waals surface area contributed by atoms with Crippen molar-refractivity contribution >= 4 is 141 Å². The molecule has 0 bridgehead atoms. The topological polar surface area (TPSA) is 177 Å². The fourth-order valence-electron chi connectivity index (χ4n) is 19.1. The zero-order valence-corrected chi connectivity index (χ0v) is 78.9. The van der Waals surface area contributed by atoms with Crippen molar-refractivity contribution < 1.29 is 18.9 Å². The lowest BCUT2D eigenvalue weighted by molar-refractivity contribution is -0.130. The summed E-state index contributed by atoms with van der Waals surface area (Å²) in [6, 6.07) is 53.0. The van der Waals surface area contributed by atoms with Crippen molar-refractivity contribution in [1.82, 2.24) is 39.7 Å². The zero-order valence-electron chi connectivity index (χ0n) is 75.0. The Morgan fingerprint density at radius 3 is 1.17 bits per heavy atom. The van der Waals surface area contributed by atoms with E-state index in [1.54, 1.807) is 62.2 Å². The van der Waals surface area contributed by atoms with Gasteiger partial charge >= 0.3 is 7.12 Å². The number of carbonyl (C=O) groups excluding carboxylic acids is 2. The molecule has 1 atom stereocenters. The van der Waals surface area contributed by atoms with E-state index in [0.717, 1.165) is 169 Å². The number of benzene rings is 9. The second-order valence-corrected chi connectivity index (χ2v) is 38.6. The average molecular weight is 1840 g/mol. The Balaban J connectivity index is 0.000000115. The van der Waals surface area contributed by atoms with Gasteiger partial charge in [0.2, 0.25) is 11.8 Å². The van der Waals surface area contributed by atoms with Crippen molar-refractivity contribution in [2.24, 2.45) is 0 Å². The summed E-state index contributed by atoms with van der Waals surface area (Å²) in [4.78, 5) is 66.1. The van der Waals surface area contributed by atoms with Gasteiger partial charge in [0.25, 0.3) is 0 Å². The summed E-state index contributed by atoms with van der Waals surface area (Å²) in [5, 5.41) is 8.01. The van der Waals surface area contributed by atoms with E-state index in [1.807, 2.05) is 21.9 Å². The van der Waals surface area contributed by atoms with Gasteiger partial charge in [-0.1, -0.05) is 104 Å². The number of amides is 2. The first kappa shape index (κ1) is 89.2. The van der Waals surface area contributed by atoms with Crippen molar-refractivity contribution in [1.29, 1.82) is 0 Å². The van der Waals surface area contributed by atoms with Gasteiger partial charge in [-0.25, -0.2) is 0 Å². The molecule has 3 fully saturated rings. The molecular formula is C103H119BBr2ClN15O4. The Hall–Kier alpha value is -10.2. The van der Waals surface area contributed by atoms with Gasteiger partial charge in [0.05, 0.1) is 44.3 Å². The molecule has 0 saturated carbocycles. The van der Waals surface area contributed by atoms with Gasteiger partial charge in [-0.05, 0) is 283 Å². The number of aromatic nitrogens is 6. The third kappa shape index (κ3) is 20.8. The van der Waals surface area contributed by atoms with E-state index < -0.39 is 0 Å². The Morgan fingerprint density at radius 2 is 0.730 bits per heavy atom. The van der Waals surface area contributed by atoms with E-state index in [4.69, 9.17) is 20.9 Å². The molecule has 0 spiro atoms. The summed E-state index contributed by atoms with van der Waals surface area (Å²) in [5.74, 6) is 0.307. The molecule has 9 aromatic carbocycles. The quantitative estimate of drug-likeness (QED) is 0.137. The first-order valence-electron chi connectivity index (χ1n) is 45.3. The minimum absolute atomic E-state index is 0.141. The maximum Gasteiger partial charge on any atom is 0.494 e. The lowest BCUT2D eigenvalue weighted by Crippen LogP contribution is -2.41. The number of carbonyl (C=O) groups is 2. The van der Waals surface area contributed by atoms with Gasteiger partial charge < -0.3 is 54.2 Å². The first-order valence-corrected chi connectivity index (χ1v) is 47.2. The van der Waals surface area contributed by atoms with Crippen LogP contribution in [-0.4, -0.2) is 176 Å². The summed E-state index contributed by atoms with van der Waals surface area (Å²) in [6.07, 6.45) is 30.6. The van der Waals surface area contributed by atoms with E-state index >= 15 is 0 Å². The monoisotopic (exact) mass is 1830 g/mol. The molecule has 2 amide bonds. The summed E-state index contributed by atoms with van der Waals surface area (Å²) in [7, 11) is 10.5. The highest BCUT2D eigenvalue weighted by atomic mass is 79.9. The highest BCUT2D eigenvalue weighted by molar-refractivity contribution is 9.10. The number of nitrogens with one attached hydrogen (secondary N) is 2. The standard InChI is InChI=1S/C25H29N5O.C24H27N5O.C18H16ClN3.C16H24BNO2.C10H12BrN.C10H11Br/c1-17(31)30-12-7-20(8-13-30)28-21-15-22(25-23(16-21)26-9-10-27-25)19-6-5-18-4-3-11-29(2)24(18)14-19;1-16(30)29-11-7-19(15-29)27-20-13-21(24-22(14-20)25-8-9-26-24)18-6-5-17-4-3-10-28(2)23(17)12-18;1-22-8-2-3-12-4-5-13(9-17(12)22)15-10-14(19)11-16-18(15)21-7-6-20-16;1-15(2)16(3,4)20-17(19-15)13-9-8-12-7-6-10-18(5)14(12)11-13;1-12-6-2-3-8-4-5-9(11)7-10(8)12;11-10-6-5-8-3-1-2-4-9(8)7-10/h5-6,9-10,14-16,20,28H,3-4,7-8,11-13H2,1-2H3;5-6,8-9,12-14,19,27H,3-4,7,10-11,15H2,1-2H3;4-7,9-11H,2-3,8H2,1H3;8-9,11H,6-7,10H2,1-5H3;4-5,7H,2-3,6H2,1H3;5-7H,1-4H2. The van der Waals surface area contributed by atoms with Crippen LogP contribution in [0.15, 0.2) is 192 Å². The predicted octanol–water partition coefficient (Wildman–Crippen LogP) is 20.7. The number of hydrogen-bond acceptors (Lipinski definition) is 17. The van der Waals surface area contributed by atoms with Crippen LogP contribution in [0.4, 0.5) is 39.8 Å². The average Bonchev–Trinajstić information content (AvgIpc) is 1.51. The number of piperidine rings is 1. The number of fused-ring (bicyclic) bond motifs is 9. The molecule has 23 heteroatoms. The number of likely N-dealkylation sites (tertiary alicyclic amines) is 2. The highest BCUT2D eigenvalue weighted by Crippen LogP contribution is 2.42. The summed E-state index contributed by atoms with van der Waals surface area (Å²) >= 11 is 13.2. The molecule has 2 N–H and O–H groups in total. The molecule has 126 heavy (non-hydrogen) atoms. The third-order valence-electron chi connectivity index (χ3n) is 26.9. The number of hydrogen-bond donors (Lipinski definition) is 2. The molecule has 9 aliphatic rings. The molecule has 19 nitrogen and oxygen atoms in total. The van der Waals surface area contributed by atoms with E-state index in [2.05, 4.69) is 293 Å². The smallest absolute Gasteiger partial charge is 0.399 e. The van der Waals surface area contributed by atoms with Crippen LogP contribution in [0.25, 0.3) is 66.5 Å². The Labute approximate surface area is 766 Å². The molecule has 654 valence electrons. The maximum atomic E-state index is 11.7.